The van der Waals surface area contributed by atoms with Crippen molar-refractivity contribution in [3.8, 4) is 11.1 Å². The lowest BCUT2D eigenvalue weighted by Crippen LogP contribution is -1.94. The van der Waals surface area contributed by atoms with E-state index in [2.05, 4.69) is 87.8 Å². The Morgan fingerprint density at radius 1 is 0.719 bits per heavy atom. The highest BCUT2D eigenvalue weighted by Gasteiger charge is 2.15. The SMILES string of the molecule is Cc1cc2c(cc1-c1cc3c4cnccc4n4ccnc4c3cc1C)[nH]c1ccccc12. The van der Waals surface area contributed by atoms with Crippen molar-refractivity contribution in [2.24, 2.45) is 0 Å². The third-order valence-corrected chi connectivity index (χ3v) is 6.74. The highest BCUT2D eigenvalue weighted by Crippen LogP contribution is 2.38. The van der Waals surface area contributed by atoms with Crippen molar-refractivity contribution in [2.75, 3.05) is 0 Å². The second-order valence-electron chi connectivity index (χ2n) is 8.61. The van der Waals surface area contributed by atoms with Crippen molar-refractivity contribution >= 4 is 49.1 Å². The summed E-state index contributed by atoms with van der Waals surface area (Å²) in [5, 5.41) is 6.02. The van der Waals surface area contributed by atoms with Crippen LogP contribution in [0.25, 0.3) is 60.3 Å². The summed E-state index contributed by atoms with van der Waals surface area (Å²) in [4.78, 5) is 12.7. The lowest BCUT2D eigenvalue weighted by atomic mass is 9.92. The van der Waals surface area contributed by atoms with Crippen LogP contribution in [-0.4, -0.2) is 19.4 Å². The fourth-order valence-corrected chi connectivity index (χ4v) is 5.20. The molecule has 0 unspecified atom stereocenters. The molecule has 1 N–H and O–H groups in total. The van der Waals surface area contributed by atoms with Crippen molar-refractivity contribution < 1.29 is 0 Å². The largest absolute Gasteiger partial charge is 0.354 e. The molecule has 3 aromatic carbocycles. The molecule has 0 fully saturated rings. The van der Waals surface area contributed by atoms with E-state index < -0.39 is 0 Å². The Balaban J connectivity index is 1.58. The normalized spacial score (nSPS) is 12.1. The van der Waals surface area contributed by atoms with Crippen molar-refractivity contribution in [2.45, 2.75) is 13.8 Å². The summed E-state index contributed by atoms with van der Waals surface area (Å²) in [6.07, 6.45) is 7.70. The second kappa shape index (κ2) is 6.17. The molecule has 4 heterocycles. The first-order valence-electron chi connectivity index (χ1n) is 10.8. The molecule has 7 rings (SSSR count). The molecule has 0 aliphatic rings. The predicted molar refractivity (Wildman–Crippen MR) is 132 cm³/mol. The molecule has 7 aromatic rings. The molecule has 0 bridgehead atoms. The molecule has 4 nitrogen and oxygen atoms in total. The molecule has 0 saturated heterocycles. The summed E-state index contributed by atoms with van der Waals surface area (Å²) in [6, 6.07) is 19.8. The first kappa shape index (κ1) is 17.5. The Bertz CT molecular complexity index is 1850. The molecule has 0 amide bonds. The van der Waals surface area contributed by atoms with Gasteiger partial charge in [0, 0.05) is 57.4 Å². The van der Waals surface area contributed by atoms with E-state index in [-0.39, 0.29) is 0 Å². The molecule has 0 saturated carbocycles. The molecule has 32 heavy (non-hydrogen) atoms. The molecule has 0 aliphatic carbocycles. The number of aryl methyl sites for hydroxylation is 2. The topological polar surface area (TPSA) is 46.0 Å². The van der Waals surface area contributed by atoms with Gasteiger partial charge in [-0.3, -0.25) is 9.38 Å². The number of H-pyrrole nitrogens is 1. The first-order valence-corrected chi connectivity index (χ1v) is 10.8. The van der Waals surface area contributed by atoms with Gasteiger partial charge in [0.2, 0.25) is 0 Å². The van der Waals surface area contributed by atoms with Crippen LogP contribution in [0.4, 0.5) is 0 Å². The number of hydrogen-bond acceptors (Lipinski definition) is 2. The fourth-order valence-electron chi connectivity index (χ4n) is 5.20. The number of aromatic nitrogens is 4. The van der Waals surface area contributed by atoms with Gasteiger partial charge in [-0.25, -0.2) is 4.98 Å². The van der Waals surface area contributed by atoms with Crippen LogP contribution >= 0.6 is 0 Å². The molecule has 0 radical (unpaired) electrons. The van der Waals surface area contributed by atoms with E-state index in [1.165, 1.54) is 49.4 Å². The average Bonchev–Trinajstić information content (AvgIpc) is 3.44. The maximum absolute atomic E-state index is 4.66. The number of benzene rings is 3. The van der Waals surface area contributed by atoms with Crippen LogP contribution in [-0.2, 0) is 0 Å². The molecule has 4 heteroatoms. The Kier molecular flexibility index (Phi) is 3.37. The van der Waals surface area contributed by atoms with Crippen LogP contribution in [0.15, 0.2) is 79.4 Å². The lowest BCUT2D eigenvalue weighted by Gasteiger charge is -2.14. The molecule has 0 aliphatic heterocycles. The van der Waals surface area contributed by atoms with Crippen LogP contribution in [0, 0.1) is 13.8 Å². The molecule has 0 spiro atoms. The van der Waals surface area contributed by atoms with Crippen LogP contribution in [0.5, 0.6) is 0 Å². The standard InChI is InChI=1S/C28H20N4/c1-16-11-22-18-5-3-4-6-25(18)31-26(22)14-20(16)19-13-21-23(12-17(19)2)28-30-9-10-32(28)27-7-8-29-15-24(21)27/h3-15,31H,1-2H3. The highest BCUT2D eigenvalue weighted by molar-refractivity contribution is 6.13. The number of nitrogens with one attached hydrogen (secondary N) is 1. The summed E-state index contributed by atoms with van der Waals surface area (Å²) in [5.41, 5.74) is 9.46. The summed E-state index contributed by atoms with van der Waals surface area (Å²) in [6.45, 7) is 4.40. The highest BCUT2D eigenvalue weighted by atomic mass is 15.0. The molecule has 4 aromatic heterocycles. The lowest BCUT2D eigenvalue weighted by molar-refractivity contribution is 1.25. The van der Waals surface area contributed by atoms with Gasteiger partial charge in [-0.15, -0.1) is 0 Å². The van der Waals surface area contributed by atoms with E-state index in [0.29, 0.717) is 0 Å². The number of para-hydroxylation sites is 1. The van der Waals surface area contributed by atoms with Crippen LogP contribution in [0.2, 0.25) is 0 Å². The van der Waals surface area contributed by atoms with Gasteiger partial charge in [-0.05, 0) is 77.9 Å². The smallest absolute Gasteiger partial charge is 0.145 e. The van der Waals surface area contributed by atoms with Crippen LogP contribution in [0.3, 0.4) is 0 Å². The van der Waals surface area contributed by atoms with Gasteiger partial charge in [-0.1, -0.05) is 18.2 Å². The number of aromatic amines is 1. The predicted octanol–water partition coefficient (Wildman–Crippen LogP) is 6.95. The number of imidazole rings is 1. The summed E-state index contributed by atoms with van der Waals surface area (Å²) < 4.78 is 2.15. The maximum Gasteiger partial charge on any atom is 0.145 e. The van der Waals surface area contributed by atoms with Crippen molar-refractivity contribution in [1.29, 1.82) is 0 Å². The molecule has 152 valence electrons. The van der Waals surface area contributed by atoms with E-state index >= 15 is 0 Å². The third-order valence-electron chi connectivity index (χ3n) is 6.74. The van der Waals surface area contributed by atoms with E-state index in [1.807, 2.05) is 24.8 Å². The Morgan fingerprint density at radius 2 is 1.53 bits per heavy atom. The van der Waals surface area contributed by atoms with Gasteiger partial charge in [0.1, 0.15) is 5.65 Å². The van der Waals surface area contributed by atoms with Gasteiger partial charge in [0.25, 0.3) is 0 Å². The Hall–Kier alpha value is -4.18. The van der Waals surface area contributed by atoms with E-state index in [1.54, 1.807) is 0 Å². The third kappa shape index (κ3) is 2.26. The van der Waals surface area contributed by atoms with Crippen LogP contribution < -0.4 is 0 Å². The van der Waals surface area contributed by atoms with E-state index in [9.17, 15) is 0 Å². The number of hydrogen-bond donors (Lipinski definition) is 1. The van der Waals surface area contributed by atoms with E-state index in [0.717, 1.165) is 21.9 Å². The Morgan fingerprint density at radius 3 is 2.44 bits per heavy atom. The van der Waals surface area contributed by atoms with Crippen molar-refractivity contribution in [1.82, 2.24) is 19.4 Å². The molecular formula is C28H20N4. The minimum absolute atomic E-state index is 0.983. The minimum Gasteiger partial charge on any atom is -0.354 e. The van der Waals surface area contributed by atoms with Crippen LogP contribution in [0.1, 0.15) is 11.1 Å². The summed E-state index contributed by atoms with van der Waals surface area (Å²) in [5.74, 6) is 0. The van der Waals surface area contributed by atoms with Crippen molar-refractivity contribution in [3.63, 3.8) is 0 Å². The quantitative estimate of drug-likeness (QED) is 0.296. The zero-order valence-corrected chi connectivity index (χ0v) is 17.8. The second-order valence-corrected chi connectivity index (χ2v) is 8.61. The number of rotatable bonds is 1. The number of nitrogens with zero attached hydrogens (tertiary/aromatic N) is 3. The summed E-state index contributed by atoms with van der Waals surface area (Å²) >= 11 is 0. The zero-order chi connectivity index (χ0) is 21.4. The Labute approximate surface area is 184 Å². The van der Waals surface area contributed by atoms with Gasteiger partial charge in [-0.2, -0.15) is 0 Å². The van der Waals surface area contributed by atoms with Gasteiger partial charge in [0.05, 0.1) is 5.52 Å². The first-order chi connectivity index (χ1) is 15.7. The molecule has 0 atom stereocenters. The number of fused-ring (bicyclic) bond motifs is 9. The zero-order valence-electron chi connectivity index (χ0n) is 17.8. The minimum atomic E-state index is 0.983. The fraction of sp³-hybridized carbons (Fsp3) is 0.0714. The van der Waals surface area contributed by atoms with E-state index in [4.69, 9.17) is 0 Å². The van der Waals surface area contributed by atoms with Crippen molar-refractivity contribution in [3.05, 3.63) is 90.5 Å². The monoisotopic (exact) mass is 412 g/mol. The van der Waals surface area contributed by atoms with Gasteiger partial charge < -0.3 is 4.98 Å². The molecular weight excluding hydrogens is 392 g/mol. The number of pyridine rings is 2. The summed E-state index contributed by atoms with van der Waals surface area (Å²) in [7, 11) is 0. The maximum atomic E-state index is 4.66. The van der Waals surface area contributed by atoms with Gasteiger partial charge in [0.15, 0.2) is 0 Å². The van der Waals surface area contributed by atoms with Gasteiger partial charge >= 0.3 is 0 Å². The average molecular weight is 412 g/mol.